The van der Waals surface area contributed by atoms with Gasteiger partial charge >= 0.3 is 5.69 Å². The summed E-state index contributed by atoms with van der Waals surface area (Å²) < 4.78 is 5.24. The number of hydrogen-bond donors (Lipinski definition) is 0. The van der Waals surface area contributed by atoms with E-state index >= 15 is 0 Å². The van der Waals surface area contributed by atoms with E-state index in [1.54, 1.807) is 0 Å². The van der Waals surface area contributed by atoms with Crippen molar-refractivity contribution in [2.75, 3.05) is 6.61 Å². The molecule has 0 spiro atoms. The SMILES string of the molecule is CCOc1c(C)cc(C)cc1[N+](=O)[O-]. The Hall–Kier alpha value is -1.58. The van der Waals surface area contributed by atoms with Crippen LogP contribution in [0.15, 0.2) is 12.1 Å². The second-order valence-electron chi connectivity index (χ2n) is 3.12. The molecule has 14 heavy (non-hydrogen) atoms. The van der Waals surface area contributed by atoms with Crippen LogP contribution < -0.4 is 4.74 Å². The van der Waals surface area contributed by atoms with Gasteiger partial charge in [0.1, 0.15) is 0 Å². The van der Waals surface area contributed by atoms with Crippen molar-refractivity contribution in [3.8, 4) is 5.75 Å². The molecule has 4 heteroatoms. The number of ether oxygens (including phenoxy) is 1. The lowest BCUT2D eigenvalue weighted by Crippen LogP contribution is -2.00. The minimum Gasteiger partial charge on any atom is -0.487 e. The maximum atomic E-state index is 10.7. The molecule has 0 saturated heterocycles. The Labute approximate surface area is 82.7 Å². The number of nitro groups is 1. The Morgan fingerprint density at radius 2 is 2.07 bits per heavy atom. The second kappa shape index (κ2) is 4.09. The minimum absolute atomic E-state index is 0.0457. The van der Waals surface area contributed by atoms with Crippen LogP contribution in [0.3, 0.4) is 0 Å². The molecule has 0 N–H and O–H groups in total. The predicted octanol–water partition coefficient (Wildman–Crippen LogP) is 2.61. The molecule has 0 saturated carbocycles. The third-order valence-electron chi connectivity index (χ3n) is 1.88. The third-order valence-corrected chi connectivity index (χ3v) is 1.88. The van der Waals surface area contributed by atoms with Crippen LogP contribution in [0.1, 0.15) is 18.1 Å². The summed E-state index contributed by atoms with van der Waals surface area (Å²) in [6.45, 7) is 5.88. The van der Waals surface area contributed by atoms with Crippen LogP contribution in [0.2, 0.25) is 0 Å². The molecular weight excluding hydrogens is 182 g/mol. The fourth-order valence-corrected chi connectivity index (χ4v) is 1.40. The first-order chi connectivity index (χ1) is 6.56. The normalized spacial score (nSPS) is 9.93. The van der Waals surface area contributed by atoms with E-state index in [-0.39, 0.29) is 5.69 Å². The lowest BCUT2D eigenvalue weighted by molar-refractivity contribution is -0.385. The average molecular weight is 195 g/mol. The van der Waals surface area contributed by atoms with E-state index in [9.17, 15) is 10.1 Å². The minimum atomic E-state index is -0.412. The summed E-state index contributed by atoms with van der Waals surface area (Å²) in [5, 5.41) is 10.7. The maximum Gasteiger partial charge on any atom is 0.311 e. The van der Waals surface area contributed by atoms with Gasteiger partial charge in [0.25, 0.3) is 0 Å². The Morgan fingerprint density at radius 1 is 1.43 bits per heavy atom. The maximum absolute atomic E-state index is 10.7. The van der Waals surface area contributed by atoms with Crippen LogP contribution in [0.4, 0.5) is 5.69 Å². The quantitative estimate of drug-likeness (QED) is 0.550. The molecule has 0 aliphatic carbocycles. The average Bonchev–Trinajstić information content (AvgIpc) is 2.09. The van der Waals surface area contributed by atoms with Crippen LogP contribution in [0.5, 0.6) is 5.75 Å². The van der Waals surface area contributed by atoms with E-state index in [1.807, 2.05) is 26.8 Å². The van der Waals surface area contributed by atoms with Crippen molar-refractivity contribution in [1.29, 1.82) is 0 Å². The second-order valence-corrected chi connectivity index (χ2v) is 3.12. The Morgan fingerprint density at radius 3 is 2.57 bits per heavy atom. The van der Waals surface area contributed by atoms with Crippen molar-refractivity contribution < 1.29 is 9.66 Å². The molecule has 0 aliphatic rings. The molecule has 0 aliphatic heterocycles. The van der Waals surface area contributed by atoms with Crippen molar-refractivity contribution in [2.45, 2.75) is 20.8 Å². The Balaban J connectivity index is 3.28. The summed E-state index contributed by atoms with van der Waals surface area (Å²) in [5.74, 6) is 0.378. The van der Waals surface area contributed by atoms with E-state index in [1.165, 1.54) is 6.07 Å². The molecule has 0 unspecified atom stereocenters. The van der Waals surface area contributed by atoms with Crippen LogP contribution in [0, 0.1) is 24.0 Å². The van der Waals surface area contributed by atoms with Gasteiger partial charge in [-0.15, -0.1) is 0 Å². The standard InChI is InChI=1S/C10H13NO3/c1-4-14-10-8(3)5-7(2)6-9(10)11(12)13/h5-6H,4H2,1-3H3. The fourth-order valence-electron chi connectivity index (χ4n) is 1.40. The summed E-state index contributed by atoms with van der Waals surface area (Å²) in [7, 11) is 0. The first-order valence-corrected chi connectivity index (χ1v) is 4.44. The molecule has 0 bridgehead atoms. The molecule has 1 aromatic carbocycles. The molecule has 0 aromatic heterocycles. The van der Waals surface area contributed by atoms with E-state index in [0.29, 0.717) is 12.4 Å². The van der Waals surface area contributed by atoms with Crippen molar-refractivity contribution in [3.05, 3.63) is 33.4 Å². The van der Waals surface area contributed by atoms with Gasteiger partial charge in [0.05, 0.1) is 11.5 Å². The van der Waals surface area contributed by atoms with Gasteiger partial charge in [-0.2, -0.15) is 0 Å². The highest BCUT2D eigenvalue weighted by Crippen LogP contribution is 2.31. The lowest BCUT2D eigenvalue weighted by atomic mass is 10.1. The zero-order valence-electron chi connectivity index (χ0n) is 8.53. The van der Waals surface area contributed by atoms with Crippen LogP contribution in [-0.4, -0.2) is 11.5 Å². The first-order valence-electron chi connectivity index (χ1n) is 4.44. The number of nitro benzene ring substituents is 1. The van der Waals surface area contributed by atoms with Gasteiger partial charge in [-0.1, -0.05) is 6.07 Å². The summed E-state index contributed by atoms with van der Waals surface area (Å²) in [4.78, 5) is 10.3. The lowest BCUT2D eigenvalue weighted by Gasteiger charge is -2.08. The van der Waals surface area contributed by atoms with Gasteiger partial charge in [0.2, 0.25) is 0 Å². The van der Waals surface area contributed by atoms with Crippen molar-refractivity contribution in [2.24, 2.45) is 0 Å². The molecule has 4 nitrogen and oxygen atoms in total. The first kappa shape index (κ1) is 10.5. The van der Waals surface area contributed by atoms with Crippen LogP contribution in [-0.2, 0) is 0 Å². The molecule has 1 rings (SSSR count). The van der Waals surface area contributed by atoms with E-state index in [4.69, 9.17) is 4.74 Å². The monoisotopic (exact) mass is 195 g/mol. The molecule has 0 heterocycles. The summed E-state index contributed by atoms with van der Waals surface area (Å²) in [6.07, 6.45) is 0. The van der Waals surface area contributed by atoms with Gasteiger partial charge in [0.15, 0.2) is 5.75 Å². The number of benzene rings is 1. The third kappa shape index (κ3) is 2.02. The number of rotatable bonds is 3. The molecular formula is C10H13NO3. The summed E-state index contributed by atoms with van der Waals surface area (Å²) in [6, 6.07) is 3.40. The van der Waals surface area contributed by atoms with Crippen molar-refractivity contribution in [1.82, 2.24) is 0 Å². The largest absolute Gasteiger partial charge is 0.487 e. The Bertz CT molecular complexity index is 361. The highest BCUT2D eigenvalue weighted by atomic mass is 16.6. The molecule has 0 radical (unpaired) electrons. The highest BCUT2D eigenvalue weighted by Gasteiger charge is 2.17. The molecule has 0 fully saturated rings. The number of aryl methyl sites for hydroxylation is 2. The van der Waals surface area contributed by atoms with Crippen LogP contribution in [0.25, 0.3) is 0 Å². The predicted molar refractivity (Wildman–Crippen MR) is 53.7 cm³/mol. The zero-order chi connectivity index (χ0) is 10.7. The number of nitrogens with zero attached hydrogens (tertiary/aromatic N) is 1. The smallest absolute Gasteiger partial charge is 0.311 e. The summed E-state index contributed by atoms with van der Waals surface area (Å²) >= 11 is 0. The molecule has 76 valence electrons. The van der Waals surface area contributed by atoms with Gasteiger partial charge in [-0.3, -0.25) is 10.1 Å². The molecule has 0 amide bonds. The Kier molecular flexibility index (Phi) is 3.06. The molecule has 0 atom stereocenters. The number of hydrogen-bond acceptors (Lipinski definition) is 3. The topological polar surface area (TPSA) is 52.4 Å². The zero-order valence-corrected chi connectivity index (χ0v) is 8.53. The fraction of sp³-hybridized carbons (Fsp3) is 0.400. The summed E-state index contributed by atoms with van der Waals surface area (Å²) in [5.41, 5.74) is 1.72. The molecule has 1 aromatic rings. The van der Waals surface area contributed by atoms with Gasteiger partial charge in [-0.05, 0) is 31.9 Å². The van der Waals surface area contributed by atoms with Crippen molar-refractivity contribution >= 4 is 5.69 Å². The van der Waals surface area contributed by atoms with Gasteiger partial charge < -0.3 is 4.74 Å². The van der Waals surface area contributed by atoms with Crippen molar-refractivity contribution in [3.63, 3.8) is 0 Å². The van der Waals surface area contributed by atoms with Gasteiger partial charge in [0, 0.05) is 6.07 Å². The van der Waals surface area contributed by atoms with E-state index in [2.05, 4.69) is 0 Å². The van der Waals surface area contributed by atoms with E-state index < -0.39 is 4.92 Å². The van der Waals surface area contributed by atoms with Gasteiger partial charge in [-0.25, -0.2) is 0 Å². The van der Waals surface area contributed by atoms with E-state index in [0.717, 1.165) is 11.1 Å². The van der Waals surface area contributed by atoms with Crippen LogP contribution >= 0.6 is 0 Å². The highest BCUT2D eigenvalue weighted by molar-refractivity contribution is 5.53.